The van der Waals surface area contributed by atoms with E-state index >= 15 is 0 Å². The molecule has 2 N–H and O–H groups in total. The molecule has 0 radical (unpaired) electrons. The number of imidazole rings is 1. The van der Waals surface area contributed by atoms with E-state index in [1.54, 1.807) is 12.1 Å². The molecule has 17 heavy (non-hydrogen) atoms. The number of nitrogens with zero attached hydrogens (tertiary/aromatic N) is 2. The molecule has 90 valence electrons. The van der Waals surface area contributed by atoms with Gasteiger partial charge in [0.05, 0.1) is 11.0 Å². The van der Waals surface area contributed by atoms with Crippen LogP contribution in [-0.2, 0) is 13.5 Å². The van der Waals surface area contributed by atoms with Gasteiger partial charge in [0.15, 0.2) is 0 Å². The number of hydrogen-bond donors (Lipinski definition) is 1. The predicted octanol–water partition coefficient (Wildman–Crippen LogP) is 1.87. The van der Waals surface area contributed by atoms with Gasteiger partial charge in [0, 0.05) is 19.0 Å². The Bertz CT molecular complexity index is 569. The van der Waals surface area contributed by atoms with E-state index in [2.05, 4.69) is 18.8 Å². The number of primary amides is 1. The number of carbonyl (C=O) groups excluding carboxylic acids is 1. The van der Waals surface area contributed by atoms with Crippen molar-refractivity contribution >= 4 is 16.9 Å². The minimum Gasteiger partial charge on any atom is -0.366 e. The maximum absolute atomic E-state index is 11.1. The lowest BCUT2D eigenvalue weighted by Crippen LogP contribution is -2.10. The molecular weight excluding hydrogens is 214 g/mol. The Morgan fingerprint density at radius 3 is 2.76 bits per heavy atom. The van der Waals surface area contributed by atoms with E-state index in [0.717, 1.165) is 23.3 Å². The smallest absolute Gasteiger partial charge is 0.248 e. The van der Waals surface area contributed by atoms with Crippen LogP contribution in [0.15, 0.2) is 18.2 Å². The van der Waals surface area contributed by atoms with Crippen molar-refractivity contribution in [1.82, 2.24) is 9.55 Å². The van der Waals surface area contributed by atoms with Gasteiger partial charge in [0.1, 0.15) is 5.82 Å². The van der Waals surface area contributed by atoms with Crippen LogP contribution in [0, 0.1) is 5.92 Å². The Kier molecular flexibility index (Phi) is 2.88. The summed E-state index contributed by atoms with van der Waals surface area (Å²) in [7, 11) is 1.97. The second kappa shape index (κ2) is 4.20. The first kappa shape index (κ1) is 11.6. The summed E-state index contributed by atoms with van der Waals surface area (Å²) in [5.41, 5.74) is 7.66. The third-order valence-corrected chi connectivity index (χ3v) is 2.85. The van der Waals surface area contributed by atoms with Gasteiger partial charge in [-0.2, -0.15) is 0 Å². The van der Waals surface area contributed by atoms with E-state index in [-0.39, 0.29) is 0 Å². The fraction of sp³-hybridized carbons (Fsp3) is 0.385. The summed E-state index contributed by atoms with van der Waals surface area (Å²) >= 11 is 0. The summed E-state index contributed by atoms with van der Waals surface area (Å²) in [4.78, 5) is 15.7. The van der Waals surface area contributed by atoms with Gasteiger partial charge in [-0.05, 0) is 24.1 Å². The summed E-state index contributed by atoms with van der Waals surface area (Å²) < 4.78 is 2.03. The Hall–Kier alpha value is -1.84. The molecule has 0 saturated heterocycles. The van der Waals surface area contributed by atoms with Crippen LogP contribution in [0.1, 0.15) is 30.0 Å². The number of rotatable bonds is 3. The molecule has 0 aliphatic heterocycles. The third kappa shape index (κ3) is 2.16. The number of hydrogen-bond acceptors (Lipinski definition) is 2. The van der Waals surface area contributed by atoms with Gasteiger partial charge in [0.25, 0.3) is 0 Å². The standard InChI is InChI=1S/C13H17N3O/c1-8(2)6-12-15-10-5-4-9(13(14)17)7-11(10)16(12)3/h4-5,7-8H,6H2,1-3H3,(H2,14,17). The van der Waals surface area contributed by atoms with Crippen molar-refractivity contribution in [2.24, 2.45) is 18.7 Å². The van der Waals surface area contributed by atoms with Crippen LogP contribution in [0.25, 0.3) is 11.0 Å². The van der Waals surface area contributed by atoms with Crippen molar-refractivity contribution < 1.29 is 4.79 Å². The van der Waals surface area contributed by atoms with Crippen molar-refractivity contribution in [2.75, 3.05) is 0 Å². The Balaban J connectivity index is 2.54. The summed E-state index contributed by atoms with van der Waals surface area (Å²) in [6.45, 7) is 4.32. The molecule has 4 heteroatoms. The van der Waals surface area contributed by atoms with Gasteiger partial charge in [-0.15, -0.1) is 0 Å². The van der Waals surface area contributed by atoms with Gasteiger partial charge < -0.3 is 10.3 Å². The lowest BCUT2D eigenvalue weighted by molar-refractivity contribution is 0.100. The number of aryl methyl sites for hydroxylation is 1. The fourth-order valence-corrected chi connectivity index (χ4v) is 1.94. The minimum absolute atomic E-state index is 0.404. The molecule has 0 fully saturated rings. The number of benzene rings is 1. The molecule has 1 aromatic heterocycles. The molecular formula is C13H17N3O. The first-order valence-electron chi connectivity index (χ1n) is 5.74. The van der Waals surface area contributed by atoms with Crippen molar-refractivity contribution in [3.05, 3.63) is 29.6 Å². The van der Waals surface area contributed by atoms with Crippen LogP contribution in [0.5, 0.6) is 0 Å². The van der Waals surface area contributed by atoms with E-state index in [9.17, 15) is 4.79 Å². The highest BCUT2D eigenvalue weighted by Crippen LogP contribution is 2.18. The highest BCUT2D eigenvalue weighted by Gasteiger charge is 2.11. The first-order valence-corrected chi connectivity index (χ1v) is 5.74. The number of amides is 1. The van der Waals surface area contributed by atoms with E-state index in [0.29, 0.717) is 11.5 Å². The van der Waals surface area contributed by atoms with E-state index in [1.165, 1.54) is 0 Å². The molecule has 0 aliphatic carbocycles. The highest BCUT2D eigenvalue weighted by atomic mass is 16.1. The largest absolute Gasteiger partial charge is 0.366 e. The Morgan fingerprint density at radius 1 is 1.47 bits per heavy atom. The summed E-state index contributed by atoms with van der Waals surface area (Å²) in [6.07, 6.45) is 0.928. The van der Waals surface area contributed by atoms with E-state index in [4.69, 9.17) is 5.73 Å². The monoisotopic (exact) mass is 231 g/mol. The summed E-state index contributed by atoms with van der Waals surface area (Å²) in [5, 5.41) is 0. The second-order valence-electron chi connectivity index (χ2n) is 4.75. The number of carbonyl (C=O) groups is 1. The average molecular weight is 231 g/mol. The van der Waals surface area contributed by atoms with Gasteiger partial charge in [-0.25, -0.2) is 4.98 Å². The van der Waals surface area contributed by atoms with Crippen LogP contribution in [-0.4, -0.2) is 15.5 Å². The van der Waals surface area contributed by atoms with Crippen LogP contribution in [0.4, 0.5) is 0 Å². The van der Waals surface area contributed by atoms with Gasteiger partial charge >= 0.3 is 0 Å². The lowest BCUT2D eigenvalue weighted by Gasteiger charge is -2.04. The zero-order valence-electron chi connectivity index (χ0n) is 10.4. The molecule has 0 aliphatic rings. The number of nitrogens with two attached hydrogens (primary N) is 1. The van der Waals surface area contributed by atoms with Crippen molar-refractivity contribution in [3.8, 4) is 0 Å². The van der Waals surface area contributed by atoms with Crippen LogP contribution in [0.2, 0.25) is 0 Å². The van der Waals surface area contributed by atoms with Gasteiger partial charge in [0.2, 0.25) is 5.91 Å². The normalized spacial score (nSPS) is 11.3. The van der Waals surface area contributed by atoms with Gasteiger partial charge in [-0.3, -0.25) is 4.79 Å². The summed E-state index contributed by atoms with van der Waals surface area (Å²) in [5.74, 6) is 1.19. The molecule has 2 aromatic rings. The lowest BCUT2D eigenvalue weighted by atomic mass is 10.1. The molecule has 0 atom stereocenters. The number of fused-ring (bicyclic) bond motifs is 1. The third-order valence-electron chi connectivity index (χ3n) is 2.85. The molecule has 2 rings (SSSR count). The summed E-state index contributed by atoms with van der Waals surface area (Å²) in [6, 6.07) is 5.37. The predicted molar refractivity (Wildman–Crippen MR) is 67.8 cm³/mol. The molecule has 0 saturated carbocycles. The SMILES string of the molecule is CC(C)Cc1nc2ccc(C(N)=O)cc2n1C. The molecule has 4 nitrogen and oxygen atoms in total. The number of aromatic nitrogens is 2. The first-order chi connectivity index (χ1) is 7.99. The van der Waals surface area contributed by atoms with Crippen molar-refractivity contribution in [1.29, 1.82) is 0 Å². The van der Waals surface area contributed by atoms with Gasteiger partial charge in [-0.1, -0.05) is 13.8 Å². The quantitative estimate of drug-likeness (QED) is 0.876. The zero-order valence-corrected chi connectivity index (χ0v) is 10.4. The topological polar surface area (TPSA) is 60.9 Å². The molecule has 1 aromatic carbocycles. The molecule has 0 spiro atoms. The Labute approximate surface area is 100 Å². The minimum atomic E-state index is -0.404. The van der Waals surface area contributed by atoms with Crippen LogP contribution in [0.3, 0.4) is 0 Å². The van der Waals surface area contributed by atoms with Crippen LogP contribution >= 0.6 is 0 Å². The van der Waals surface area contributed by atoms with Crippen LogP contribution < -0.4 is 5.73 Å². The van der Waals surface area contributed by atoms with E-state index < -0.39 is 5.91 Å². The second-order valence-corrected chi connectivity index (χ2v) is 4.75. The maximum Gasteiger partial charge on any atom is 0.248 e. The van der Waals surface area contributed by atoms with E-state index in [1.807, 2.05) is 17.7 Å². The average Bonchev–Trinajstić information content (AvgIpc) is 2.55. The van der Waals surface area contributed by atoms with Crippen molar-refractivity contribution in [3.63, 3.8) is 0 Å². The Morgan fingerprint density at radius 2 is 2.18 bits per heavy atom. The highest BCUT2D eigenvalue weighted by molar-refractivity contribution is 5.96. The molecule has 0 unspecified atom stereocenters. The molecule has 0 bridgehead atoms. The molecule has 1 amide bonds. The maximum atomic E-state index is 11.1. The zero-order chi connectivity index (χ0) is 12.6. The van der Waals surface area contributed by atoms with Crippen molar-refractivity contribution in [2.45, 2.75) is 20.3 Å². The molecule has 1 heterocycles. The fourth-order valence-electron chi connectivity index (χ4n) is 1.94.